The van der Waals surface area contributed by atoms with Crippen molar-refractivity contribution in [2.75, 3.05) is 26.2 Å². The second-order valence-electron chi connectivity index (χ2n) is 4.63. The molecule has 18 heavy (non-hydrogen) atoms. The second-order valence-corrected chi connectivity index (χ2v) is 5.57. The minimum absolute atomic E-state index is 0. The summed E-state index contributed by atoms with van der Waals surface area (Å²) in [5.74, 6) is 0.765. The number of aryl methyl sites for hydroxylation is 1. The molecule has 1 aliphatic rings. The Kier molecular flexibility index (Phi) is 9.17. The van der Waals surface area contributed by atoms with Gasteiger partial charge in [-0.3, -0.25) is 0 Å². The van der Waals surface area contributed by atoms with Crippen LogP contribution in [0.1, 0.15) is 23.4 Å². The molecule has 2 N–H and O–H groups in total. The number of thiazole rings is 1. The van der Waals surface area contributed by atoms with Crippen LogP contribution < -0.4 is 5.73 Å². The molecule has 0 radical (unpaired) electrons. The number of nitrogens with zero attached hydrogens (tertiary/aromatic N) is 2. The fourth-order valence-electron chi connectivity index (χ4n) is 2.27. The summed E-state index contributed by atoms with van der Waals surface area (Å²) in [5, 5.41) is 0. The molecule has 0 bridgehead atoms. The third-order valence-electron chi connectivity index (χ3n) is 3.54. The molecule has 2 rings (SSSR count). The Hall–Kier alpha value is 0.130. The van der Waals surface area contributed by atoms with Crippen LogP contribution in [0, 0.1) is 12.8 Å². The molecule has 1 aromatic heterocycles. The third kappa shape index (κ3) is 5.02. The Labute approximate surface area is 126 Å². The lowest BCUT2D eigenvalue weighted by Crippen LogP contribution is -2.37. The van der Waals surface area contributed by atoms with Crippen molar-refractivity contribution < 1.29 is 0 Å². The minimum Gasteiger partial charge on any atom is -0.330 e. The average Bonchev–Trinajstić information content (AvgIpc) is 2.73. The van der Waals surface area contributed by atoms with Crippen molar-refractivity contribution >= 4 is 36.2 Å². The third-order valence-corrected chi connectivity index (χ3v) is 4.54. The number of aromatic nitrogens is 1. The Balaban J connectivity index is 0.00000144. The zero-order valence-electron chi connectivity index (χ0n) is 10.8. The highest BCUT2D eigenvalue weighted by molar-refractivity contribution is 7.09. The van der Waals surface area contributed by atoms with Crippen molar-refractivity contribution in [2.45, 2.75) is 26.2 Å². The van der Waals surface area contributed by atoms with Gasteiger partial charge in [0.05, 0.1) is 11.2 Å². The van der Waals surface area contributed by atoms with Crippen molar-refractivity contribution in [1.29, 1.82) is 0 Å². The number of rotatable bonds is 4. The molecule has 1 saturated heterocycles. The molecule has 1 aliphatic heterocycles. The molecule has 1 fully saturated rings. The van der Waals surface area contributed by atoms with Gasteiger partial charge in [0.2, 0.25) is 0 Å². The monoisotopic (exact) mass is 311 g/mol. The van der Waals surface area contributed by atoms with Gasteiger partial charge in [-0.1, -0.05) is 0 Å². The van der Waals surface area contributed by atoms with E-state index in [1.54, 1.807) is 11.3 Å². The number of piperidine rings is 1. The van der Waals surface area contributed by atoms with Crippen LogP contribution in [0.3, 0.4) is 0 Å². The van der Waals surface area contributed by atoms with E-state index in [1.807, 2.05) is 5.51 Å². The lowest BCUT2D eigenvalue weighted by molar-refractivity contribution is 0.189. The van der Waals surface area contributed by atoms with Gasteiger partial charge in [0, 0.05) is 11.4 Å². The van der Waals surface area contributed by atoms with Gasteiger partial charge in [0.15, 0.2) is 0 Å². The van der Waals surface area contributed by atoms with Gasteiger partial charge in [-0.05, 0) is 51.7 Å². The number of halogens is 2. The number of nitrogens with two attached hydrogens (primary N) is 1. The summed E-state index contributed by atoms with van der Waals surface area (Å²) in [6.45, 7) is 6.59. The predicted octanol–water partition coefficient (Wildman–Crippen LogP) is 2.51. The maximum atomic E-state index is 5.69. The Morgan fingerprint density at radius 3 is 2.56 bits per heavy atom. The Bertz CT molecular complexity index is 325. The molecule has 0 saturated carbocycles. The van der Waals surface area contributed by atoms with E-state index in [0.717, 1.165) is 18.9 Å². The summed E-state index contributed by atoms with van der Waals surface area (Å²) in [7, 11) is 0. The van der Waals surface area contributed by atoms with Crippen LogP contribution in [0.2, 0.25) is 0 Å². The number of hydrogen-bond donors (Lipinski definition) is 1. The van der Waals surface area contributed by atoms with Crippen LogP contribution in [0.15, 0.2) is 5.51 Å². The first kappa shape index (κ1) is 18.1. The van der Waals surface area contributed by atoms with Gasteiger partial charge in [-0.2, -0.15) is 0 Å². The van der Waals surface area contributed by atoms with Crippen molar-refractivity contribution in [2.24, 2.45) is 11.7 Å². The Morgan fingerprint density at radius 2 is 2.06 bits per heavy atom. The van der Waals surface area contributed by atoms with Crippen molar-refractivity contribution in [1.82, 2.24) is 9.88 Å². The Morgan fingerprint density at radius 1 is 1.39 bits per heavy atom. The van der Waals surface area contributed by atoms with E-state index in [2.05, 4.69) is 16.8 Å². The van der Waals surface area contributed by atoms with Crippen LogP contribution in [0.5, 0.6) is 0 Å². The number of hydrogen-bond acceptors (Lipinski definition) is 4. The van der Waals surface area contributed by atoms with E-state index in [-0.39, 0.29) is 24.8 Å². The average molecular weight is 312 g/mol. The first-order valence-corrected chi connectivity index (χ1v) is 6.99. The lowest BCUT2D eigenvalue weighted by atomic mass is 9.97. The molecule has 6 heteroatoms. The molecule has 0 aromatic carbocycles. The van der Waals surface area contributed by atoms with Gasteiger partial charge in [0.1, 0.15) is 0 Å². The van der Waals surface area contributed by atoms with Crippen molar-refractivity contribution in [3.63, 3.8) is 0 Å². The van der Waals surface area contributed by atoms with Gasteiger partial charge >= 0.3 is 0 Å². The quantitative estimate of drug-likeness (QED) is 0.929. The van der Waals surface area contributed by atoms with Gasteiger partial charge in [0.25, 0.3) is 0 Å². The summed E-state index contributed by atoms with van der Waals surface area (Å²) >= 11 is 1.79. The smallest absolute Gasteiger partial charge is 0.0797 e. The topological polar surface area (TPSA) is 42.2 Å². The molecule has 0 unspecified atom stereocenters. The van der Waals surface area contributed by atoms with Gasteiger partial charge in [-0.15, -0.1) is 36.2 Å². The first-order valence-electron chi connectivity index (χ1n) is 6.11. The fraction of sp³-hybridized carbons (Fsp3) is 0.750. The predicted molar refractivity (Wildman–Crippen MR) is 83.3 cm³/mol. The lowest BCUT2D eigenvalue weighted by Gasteiger charge is -2.31. The summed E-state index contributed by atoms with van der Waals surface area (Å²) in [6.07, 6.45) is 3.71. The highest BCUT2D eigenvalue weighted by atomic mass is 35.5. The minimum atomic E-state index is 0. The summed E-state index contributed by atoms with van der Waals surface area (Å²) in [6, 6.07) is 0. The zero-order valence-corrected chi connectivity index (χ0v) is 13.3. The van der Waals surface area contributed by atoms with Crippen LogP contribution >= 0.6 is 36.2 Å². The van der Waals surface area contributed by atoms with Crippen LogP contribution in [-0.2, 0) is 6.42 Å². The standard InChI is InChI=1S/C12H21N3S.2ClH/c1-10-12(16-9-14-10)4-7-15-5-2-11(8-13)3-6-15;;/h9,11H,2-8,13H2,1H3;2*1H. The van der Waals surface area contributed by atoms with Crippen molar-refractivity contribution in [3.8, 4) is 0 Å². The molecule has 1 aromatic rings. The molecule has 2 heterocycles. The van der Waals surface area contributed by atoms with Crippen molar-refractivity contribution in [3.05, 3.63) is 16.1 Å². The van der Waals surface area contributed by atoms with Crippen LogP contribution in [0.4, 0.5) is 0 Å². The fourth-order valence-corrected chi connectivity index (χ4v) is 3.04. The molecular weight excluding hydrogens is 289 g/mol. The molecule has 0 spiro atoms. The summed E-state index contributed by atoms with van der Waals surface area (Å²) < 4.78 is 0. The molecule has 0 atom stereocenters. The first-order chi connectivity index (χ1) is 7.79. The maximum absolute atomic E-state index is 5.69. The van der Waals surface area contributed by atoms with E-state index >= 15 is 0 Å². The maximum Gasteiger partial charge on any atom is 0.0797 e. The normalized spacial score (nSPS) is 17.0. The van der Waals surface area contributed by atoms with Gasteiger partial charge < -0.3 is 10.6 Å². The van der Waals surface area contributed by atoms with E-state index in [0.29, 0.717) is 0 Å². The van der Waals surface area contributed by atoms with Crippen LogP contribution in [0.25, 0.3) is 0 Å². The van der Waals surface area contributed by atoms with E-state index in [1.165, 1.54) is 43.0 Å². The van der Waals surface area contributed by atoms with E-state index in [4.69, 9.17) is 5.73 Å². The summed E-state index contributed by atoms with van der Waals surface area (Å²) in [4.78, 5) is 8.30. The highest BCUT2D eigenvalue weighted by Gasteiger charge is 2.17. The highest BCUT2D eigenvalue weighted by Crippen LogP contribution is 2.18. The SMILES string of the molecule is Cc1ncsc1CCN1CCC(CN)CC1.Cl.Cl. The van der Waals surface area contributed by atoms with E-state index < -0.39 is 0 Å². The second kappa shape index (κ2) is 9.10. The van der Waals surface area contributed by atoms with E-state index in [9.17, 15) is 0 Å². The zero-order chi connectivity index (χ0) is 11.4. The van der Waals surface area contributed by atoms with Gasteiger partial charge in [-0.25, -0.2) is 4.98 Å². The summed E-state index contributed by atoms with van der Waals surface area (Å²) in [5.41, 5.74) is 8.85. The number of likely N-dealkylation sites (tertiary alicyclic amines) is 1. The molecular formula is C12H23Cl2N3S. The van der Waals surface area contributed by atoms with Crippen LogP contribution in [-0.4, -0.2) is 36.1 Å². The molecule has 0 amide bonds. The largest absolute Gasteiger partial charge is 0.330 e. The molecule has 0 aliphatic carbocycles. The molecule has 106 valence electrons. The molecule has 3 nitrogen and oxygen atoms in total.